The van der Waals surface area contributed by atoms with Crippen molar-refractivity contribution in [2.45, 2.75) is 13.0 Å². The molecular weight excluding hydrogens is 248 g/mol. The first-order valence-corrected chi connectivity index (χ1v) is 5.96. The van der Waals surface area contributed by atoms with Gasteiger partial charge in [-0.05, 0) is 35.7 Å². The molecular formula is C15H13ClO2. The third-order valence-corrected chi connectivity index (χ3v) is 2.99. The van der Waals surface area contributed by atoms with Crippen molar-refractivity contribution in [1.82, 2.24) is 0 Å². The Kier molecular flexibility index (Phi) is 3.68. The van der Waals surface area contributed by atoms with Gasteiger partial charge in [-0.15, -0.1) is 0 Å². The second-order valence-electron chi connectivity index (χ2n) is 4.09. The Morgan fingerprint density at radius 3 is 2.78 bits per heavy atom. The van der Waals surface area contributed by atoms with Gasteiger partial charge < -0.3 is 4.74 Å². The highest BCUT2D eigenvalue weighted by atomic mass is 35.5. The summed E-state index contributed by atoms with van der Waals surface area (Å²) in [6.45, 7) is 5.84. The van der Waals surface area contributed by atoms with Crippen LogP contribution >= 0.6 is 11.6 Å². The minimum atomic E-state index is -0.515. The molecule has 0 heterocycles. The monoisotopic (exact) mass is 260 g/mol. The van der Waals surface area contributed by atoms with E-state index >= 15 is 0 Å². The van der Waals surface area contributed by atoms with Crippen LogP contribution in [0.5, 0.6) is 5.75 Å². The number of hydrogen-bond acceptors (Lipinski definition) is 2. The summed E-state index contributed by atoms with van der Waals surface area (Å²) in [4.78, 5) is 11.4. The molecule has 92 valence electrons. The van der Waals surface area contributed by atoms with Crippen molar-refractivity contribution in [3.05, 3.63) is 65.8 Å². The molecule has 0 N–H and O–H groups in total. The zero-order valence-corrected chi connectivity index (χ0v) is 10.8. The van der Waals surface area contributed by atoms with Crippen molar-refractivity contribution in [3.63, 3.8) is 0 Å². The second kappa shape index (κ2) is 5.23. The lowest BCUT2D eigenvalue weighted by Gasteiger charge is -2.23. The maximum absolute atomic E-state index is 11.4. The fraction of sp³-hybridized carbons (Fsp3) is 0.133. The summed E-state index contributed by atoms with van der Waals surface area (Å²) in [5, 5.41) is -0.515. The van der Waals surface area contributed by atoms with Gasteiger partial charge in [-0.2, -0.15) is 0 Å². The largest absolute Gasteiger partial charge is 0.481 e. The Morgan fingerprint density at radius 1 is 1.39 bits per heavy atom. The summed E-state index contributed by atoms with van der Waals surface area (Å²) in [5.74, 6) is 0.725. The van der Waals surface area contributed by atoms with Crippen LogP contribution in [0.2, 0.25) is 0 Å². The minimum Gasteiger partial charge on any atom is -0.481 e. The quantitative estimate of drug-likeness (QED) is 0.777. The van der Waals surface area contributed by atoms with Crippen molar-refractivity contribution < 1.29 is 9.53 Å². The third-order valence-electron chi connectivity index (χ3n) is 2.77. The zero-order chi connectivity index (χ0) is 13.1. The van der Waals surface area contributed by atoms with E-state index in [0.29, 0.717) is 11.1 Å². The highest BCUT2D eigenvalue weighted by Gasteiger charge is 2.25. The average molecular weight is 261 g/mol. The maximum Gasteiger partial charge on any atom is 0.252 e. The van der Waals surface area contributed by atoms with E-state index in [9.17, 15) is 4.79 Å². The van der Waals surface area contributed by atoms with Crippen molar-refractivity contribution in [3.8, 4) is 5.75 Å². The first kappa shape index (κ1) is 12.7. The van der Waals surface area contributed by atoms with Crippen molar-refractivity contribution in [2.24, 2.45) is 0 Å². The molecule has 1 atom stereocenters. The first-order chi connectivity index (χ1) is 8.59. The van der Waals surface area contributed by atoms with E-state index < -0.39 is 11.3 Å². The Balaban J connectivity index is 2.30. The Morgan fingerprint density at radius 2 is 2.11 bits per heavy atom. The summed E-state index contributed by atoms with van der Waals surface area (Å²) in [7, 11) is 0. The summed E-state index contributed by atoms with van der Waals surface area (Å²) >= 11 is 5.56. The average Bonchev–Trinajstić information content (AvgIpc) is 2.34. The van der Waals surface area contributed by atoms with Crippen LogP contribution in [0, 0.1) is 6.92 Å². The van der Waals surface area contributed by atoms with Crippen LogP contribution in [0.15, 0.2) is 60.2 Å². The molecule has 2 rings (SSSR count). The summed E-state index contributed by atoms with van der Waals surface area (Å²) in [6.07, 6.45) is 4.70. The van der Waals surface area contributed by atoms with Gasteiger partial charge in [-0.1, -0.05) is 43.0 Å². The smallest absolute Gasteiger partial charge is 0.252 e. The van der Waals surface area contributed by atoms with Gasteiger partial charge in [0.15, 0.2) is 6.10 Å². The van der Waals surface area contributed by atoms with Gasteiger partial charge >= 0.3 is 0 Å². The van der Waals surface area contributed by atoms with Crippen LogP contribution in [-0.4, -0.2) is 11.3 Å². The molecule has 1 aromatic carbocycles. The predicted octanol–water partition coefficient (Wildman–Crippen LogP) is 3.56. The topological polar surface area (TPSA) is 26.3 Å². The van der Waals surface area contributed by atoms with E-state index in [-0.39, 0.29) is 0 Å². The van der Waals surface area contributed by atoms with Gasteiger partial charge in [-0.3, -0.25) is 4.79 Å². The third kappa shape index (κ3) is 2.54. The van der Waals surface area contributed by atoms with Gasteiger partial charge in [0.25, 0.3) is 5.24 Å². The number of carbonyl (C=O) groups excluding carboxylic acids is 1. The molecule has 0 saturated carbocycles. The number of para-hydroxylation sites is 1. The lowest BCUT2D eigenvalue weighted by Crippen LogP contribution is -2.25. The molecule has 1 aliphatic carbocycles. The van der Waals surface area contributed by atoms with E-state index in [1.807, 2.05) is 37.3 Å². The first-order valence-electron chi connectivity index (χ1n) is 5.59. The number of benzene rings is 1. The van der Waals surface area contributed by atoms with Crippen LogP contribution < -0.4 is 4.74 Å². The molecule has 0 spiro atoms. The van der Waals surface area contributed by atoms with Gasteiger partial charge in [0.2, 0.25) is 0 Å². The molecule has 1 aromatic rings. The number of ether oxygens (including phenoxy) is 1. The molecule has 0 fully saturated rings. The van der Waals surface area contributed by atoms with Gasteiger partial charge in [0.05, 0.1) is 5.57 Å². The van der Waals surface area contributed by atoms with Crippen LogP contribution in [0.25, 0.3) is 0 Å². The molecule has 0 aromatic heterocycles. The minimum absolute atomic E-state index is 0.410. The molecule has 0 saturated heterocycles. The summed E-state index contributed by atoms with van der Waals surface area (Å²) in [6, 6.07) is 7.62. The van der Waals surface area contributed by atoms with Crippen LogP contribution in [0.1, 0.15) is 5.56 Å². The Bertz CT molecular complexity index is 555. The van der Waals surface area contributed by atoms with Crippen LogP contribution in [0.4, 0.5) is 0 Å². The highest BCUT2D eigenvalue weighted by molar-refractivity contribution is 6.67. The lowest BCUT2D eigenvalue weighted by molar-refractivity contribution is -0.109. The molecule has 0 amide bonds. The SMILES string of the molecule is C=C1C=CC=C(C(=O)Cl)C1Oc1ccccc1C. The fourth-order valence-corrected chi connectivity index (χ4v) is 1.94. The highest BCUT2D eigenvalue weighted by Crippen LogP contribution is 2.27. The van der Waals surface area contributed by atoms with Crippen LogP contribution in [-0.2, 0) is 4.79 Å². The lowest BCUT2D eigenvalue weighted by atomic mass is 9.98. The summed E-state index contributed by atoms with van der Waals surface area (Å²) in [5.41, 5.74) is 2.12. The summed E-state index contributed by atoms with van der Waals surface area (Å²) < 4.78 is 5.85. The molecule has 18 heavy (non-hydrogen) atoms. The maximum atomic E-state index is 11.4. The van der Waals surface area contributed by atoms with E-state index in [1.165, 1.54) is 0 Å². The zero-order valence-electron chi connectivity index (χ0n) is 10.0. The van der Waals surface area contributed by atoms with Gasteiger partial charge in [0.1, 0.15) is 5.75 Å². The number of halogens is 1. The van der Waals surface area contributed by atoms with E-state index in [1.54, 1.807) is 12.2 Å². The predicted molar refractivity (Wildman–Crippen MR) is 72.8 cm³/mol. The fourth-order valence-electron chi connectivity index (χ4n) is 1.77. The Labute approximate surface area is 111 Å². The van der Waals surface area contributed by atoms with Gasteiger partial charge in [0, 0.05) is 0 Å². The number of carbonyl (C=O) groups is 1. The standard InChI is InChI=1S/C15H13ClO2/c1-10-6-3-4-9-13(10)18-14-11(2)7-5-8-12(14)15(16)17/h3-9,14H,2H2,1H3. The van der Waals surface area contributed by atoms with E-state index in [2.05, 4.69) is 6.58 Å². The van der Waals surface area contributed by atoms with Crippen molar-refractivity contribution in [2.75, 3.05) is 0 Å². The van der Waals surface area contributed by atoms with E-state index in [0.717, 1.165) is 11.3 Å². The molecule has 2 nitrogen and oxygen atoms in total. The normalized spacial score (nSPS) is 18.4. The van der Waals surface area contributed by atoms with Crippen LogP contribution in [0.3, 0.4) is 0 Å². The molecule has 1 aliphatic rings. The second-order valence-corrected chi connectivity index (χ2v) is 4.44. The molecule has 0 bridgehead atoms. The molecule has 3 heteroatoms. The molecule has 0 radical (unpaired) electrons. The van der Waals surface area contributed by atoms with E-state index in [4.69, 9.17) is 16.3 Å². The molecule has 0 aliphatic heterocycles. The number of rotatable bonds is 3. The number of aryl methyl sites for hydroxylation is 1. The van der Waals surface area contributed by atoms with Crippen molar-refractivity contribution in [1.29, 1.82) is 0 Å². The van der Waals surface area contributed by atoms with Gasteiger partial charge in [-0.25, -0.2) is 0 Å². The Hall–Kier alpha value is -1.80. The number of hydrogen-bond donors (Lipinski definition) is 0. The number of allylic oxidation sites excluding steroid dienone is 2. The molecule has 1 unspecified atom stereocenters. The van der Waals surface area contributed by atoms with Crippen molar-refractivity contribution >= 4 is 16.8 Å².